The standard InChI is InChI=1S/C23H21NO4/c1-15-7-3-4-8-17(15)14-24-19-10-6-5-9-18(19)23(27,22(24)26)13-20(25)21-12-11-16(2)28-21/h3-12,27H,13-14H2,1-2H3/t23-/m1/s1. The predicted octanol–water partition coefficient (Wildman–Crippen LogP) is 3.90. The molecule has 2 heterocycles. The van der Waals surface area contributed by atoms with Gasteiger partial charge in [0, 0.05) is 5.56 Å². The highest BCUT2D eigenvalue weighted by Gasteiger charge is 2.51. The van der Waals surface area contributed by atoms with E-state index in [0.29, 0.717) is 23.6 Å². The van der Waals surface area contributed by atoms with Gasteiger partial charge < -0.3 is 14.4 Å². The molecular formula is C23H21NO4. The van der Waals surface area contributed by atoms with E-state index in [1.54, 1.807) is 42.2 Å². The number of para-hydroxylation sites is 1. The van der Waals surface area contributed by atoms with Crippen LogP contribution in [0.2, 0.25) is 0 Å². The molecular weight excluding hydrogens is 354 g/mol. The second-order valence-corrected chi connectivity index (χ2v) is 7.21. The van der Waals surface area contributed by atoms with Crippen molar-refractivity contribution in [3.8, 4) is 0 Å². The second-order valence-electron chi connectivity index (χ2n) is 7.21. The molecule has 0 saturated heterocycles. The molecule has 1 aliphatic rings. The number of fused-ring (bicyclic) bond motifs is 1. The van der Waals surface area contributed by atoms with E-state index >= 15 is 0 Å². The Morgan fingerprint density at radius 3 is 2.46 bits per heavy atom. The summed E-state index contributed by atoms with van der Waals surface area (Å²) in [6.07, 6.45) is -0.361. The van der Waals surface area contributed by atoms with Crippen LogP contribution in [-0.4, -0.2) is 16.8 Å². The molecule has 4 rings (SSSR count). The quantitative estimate of drug-likeness (QED) is 0.687. The van der Waals surface area contributed by atoms with E-state index in [0.717, 1.165) is 11.1 Å². The van der Waals surface area contributed by atoms with Gasteiger partial charge in [-0.2, -0.15) is 0 Å². The molecule has 5 nitrogen and oxygen atoms in total. The number of nitrogens with zero attached hydrogens (tertiary/aromatic N) is 1. The van der Waals surface area contributed by atoms with Gasteiger partial charge in [-0.05, 0) is 43.2 Å². The van der Waals surface area contributed by atoms with E-state index in [2.05, 4.69) is 0 Å². The Morgan fingerprint density at radius 2 is 1.75 bits per heavy atom. The van der Waals surface area contributed by atoms with Crippen molar-refractivity contribution in [2.45, 2.75) is 32.4 Å². The van der Waals surface area contributed by atoms with Gasteiger partial charge in [-0.25, -0.2) is 0 Å². The fourth-order valence-electron chi connectivity index (χ4n) is 3.70. The van der Waals surface area contributed by atoms with Gasteiger partial charge in [0.05, 0.1) is 18.7 Å². The number of rotatable bonds is 5. The van der Waals surface area contributed by atoms with Gasteiger partial charge >= 0.3 is 0 Å². The number of aryl methyl sites for hydroxylation is 2. The van der Waals surface area contributed by atoms with Crippen LogP contribution in [0.3, 0.4) is 0 Å². The molecule has 0 saturated carbocycles. The highest BCUT2D eigenvalue weighted by Crippen LogP contribution is 2.43. The summed E-state index contributed by atoms with van der Waals surface area (Å²) >= 11 is 0. The Kier molecular flexibility index (Phi) is 4.40. The molecule has 0 spiro atoms. The van der Waals surface area contributed by atoms with Crippen molar-refractivity contribution in [1.82, 2.24) is 0 Å². The summed E-state index contributed by atoms with van der Waals surface area (Å²) in [5.74, 6) is -0.145. The minimum Gasteiger partial charge on any atom is -0.458 e. The lowest BCUT2D eigenvalue weighted by Gasteiger charge is -2.23. The summed E-state index contributed by atoms with van der Waals surface area (Å²) in [4.78, 5) is 27.5. The van der Waals surface area contributed by atoms with Gasteiger partial charge in [-0.15, -0.1) is 0 Å². The first kappa shape index (κ1) is 18.2. The van der Waals surface area contributed by atoms with Crippen LogP contribution in [0.1, 0.15) is 39.4 Å². The highest BCUT2D eigenvalue weighted by atomic mass is 16.3. The van der Waals surface area contributed by atoms with Crippen LogP contribution < -0.4 is 4.90 Å². The first-order valence-electron chi connectivity index (χ1n) is 9.18. The average Bonchev–Trinajstić information content (AvgIpc) is 3.20. The van der Waals surface area contributed by atoms with E-state index < -0.39 is 17.3 Å². The van der Waals surface area contributed by atoms with Gasteiger partial charge in [-0.3, -0.25) is 9.59 Å². The number of amides is 1. The van der Waals surface area contributed by atoms with Gasteiger partial charge in [0.15, 0.2) is 11.4 Å². The molecule has 0 bridgehead atoms. The maximum atomic E-state index is 13.3. The van der Waals surface area contributed by atoms with Crippen molar-refractivity contribution < 1.29 is 19.1 Å². The molecule has 1 atom stereocenters. The van der Waals surface area contributed by atoms with E-state index in [1.165, 1.54) is 0 Å². The van der Waals surface area contributed by atoms with Crippen LogP contribution in [0, 0.1) is 13.8 Å². The van der Waals surface area contributed by atoms with Crippen LogP contribution in [0.4, 0.5) is 5.69 Å². The smallest absolute Gasteiger partial charge is 0.264 e. The summed E-state index contributed by atoms with van der Waals surface area (Å²) in [6, 6.07) is 18.1. The number of furan rings is 1. The number of carbonyl (C=O) groups excluding carboxylic acids is 2. The molecule has 142 valence electrons. The van der Waals surface area contributed by atoms with Crippen molar-refractivity contribution in [1.29, 1.82) is 0 Å². The van der Waals surface area contributed by atoms with E-state index in [-0.39, 0.29) is 12.2 Å². The van der Waals surface area contributed by atoms with Crippen molar-refractivity contribution in [3.63, 3.8) is 0 Å². The van der Waals surface area contributed by atoms with Crippen LogP contribution in [0.25, 0.3) is 0 Å². The Morgan fingerprint density at radius 1 is 1.04 bits per heavy atom. The third kappa shape index (κ3) is 2.94. The van der Waals surface area contributed by atoms with Crippen LogP contribution in [0.15, 0.2) is 65.1 Å². The zero-order chi connectivity index (χ0) is 19.9. The number of hydrogen-bond acceptors (Lipinski definition) is 4. The third-order valence-electron chi connectivity index (χ3n) is 5.26. The van der Waals surface area contributed by atoms with Gasteiger partial charge in [0.2, 0.25) is 5.78 Å². The Labute approximate surface area is 163 Å². The number of aliphatic hydroxyl groups is 1. The van der Waals surface area contributed by atoms with Crippen molar-refractivity contribution in [2.75, 3.05) is 4.90 Å². The summed E-state index contributed by atoms with van der Waals surface area (Å²) in [7, 11) is 0. The van der Waals surface area contributed by atoms with Crippen LogP contribution in [0.5, 0.6) is 0 Å². The lowest BCUT2D eigenvalue weighted by molar-refractivity contribution is -0.136. The minimum atomic E-state index is -1.91. The first-order valence-corrected chi connectivity index (χ1v) is 9.18. The van der Waals surface area contributed by atoms with E-state index in [9.17, 15) is 14.7 Å². The molecule has 1 aromatic heterocycles. The molecule has 1 amide bonds. The molecule has 0 radical (unpaired) electrons. The summed E-state index contributed by atoms with van der Waals surface area (Å²) in [5, 5.41) is 11.3. The zero-order valence-corrected chi connectivity index (χ0v) is 15.8. The second kappa shape index (κ2) is 6.77. The Balaban J connectivity index is 1.70. The fourth-order valence-corrected chi connectivity index (χ4v) is 3.70. The lowest BCUT2D eigenvalue weighted by Crippen LogP contribution is -2.41. The SMILES string of the molecule is Cc1ccc(C(=O)C[C@]2(O)C(=O)N(Cc3ccccc3C)c3ccccc32)o1. The lowest BCUT2D eigenvalue weighted by atomic mass is 9.89. The van der Waals surface area contributed by atoms with Crippen molar-refractivity contribution >= 4 is 17.4 Å². The monoisotopic (exact) mass is 375 g/mol. The maximum absolute atomic E-state index is 13.3. The molecule has 0 unspecified atom stereocenters. The highest BCUT2D eigenvalue weighted by molar-refractivity contribution is 6.10. The molecule has 1 aliphatic heterocycles. The zero-order valence-electron chi connectivity index (χ0n) is 15.8. The summed E-state index contributed by atoms with van der Waals surface area (Å²) in [6.45, 7) is 4.06. The predicted molar refractivity (Wildman–Crippen MR) is 105 cm³/mol. The number of carbonyl (C=O) groups is 2. The maximum Gasteiger partial charge on any atom is 0.264 e. The Bertz CT molecular complexity index is 1070. The molecule has 2 aromatic carbocycles. The average molecular weight is 375 g/mol. The molecule has 0 aliphatic carbocycles. The summed E-state index contributed by atoms with van der Waals surface area (Å²) in [5.41, 5.74) is 1.22. The molecule has 28 heavy (non-hydrogen) atoms. The first-order chi connectivity index (χ1) is 13.4. The molecule has 3 aromatic rings. The molecule has 5 heteroatoms. The minimum absolute atomic E-state index is 0.147. The van der Waals surface area contributed by atoms with Crippen molar-refractivity contribution in [2.24, 2.45) is 0 Å². The number of Topliss-reactive ketones (excluding diaryl/α,β-unsaturated/α-hetero) is 1. The van der Waals surface area contributed by atoms with Crippen LogP contribution in [-0.2, 0) is 16.9 Å². The third-order valence-corrected chi connectivity index (χ3v) is 5.26. The van der Waals surface area contributed by atoms with E-state index in [4.69, 9.17) is 4.42 Å². The van der Waals surface area contributed by atoms with Gasteiger partial charge in [-0.1, -0.05) is 42.5 Å². The Hall–Kier alpha value is -3.18. The number of anilines is 1. The number of ketones is 1. The largest absolute Gasteiger partial charge is 0.458 e. The topological polar surface area (TPSA) is 70.8 Å². The van der Waals surface area contributed by atoms with Gasteiger partial charge in [0.1, 0.15) is 5.76 Å². The summed E-state index contributed by atoms with van der Waals surface area (Å²) < 4.78 is 5.38. The van der Waals surface area contributed by atoms with Gasteiger partial charge in [0.25, 0.3) is 5.91 Å². The fraction of sp³-hybridized carbons (Fsp3) is 0.217. The normalized spacial score (nSPS) is 18.4. The van der Waals surface area contributed by atoms with Crippen molar-refractivity contribution in [3.05, 3.63) is 88.9 Å². The van der Waals surface area contributed by atoms with E-state index in [1.807, 2.05) is 37.3 Å². The molecule has 0 fully saturated rings. The number of benzene rings is 2. The number of hydrogen-bond donors (Lipinski definition) is 1. The van der Waals surface area contributed by atoms with Crippen LogP contribution >= 0.6 is 0 Å². The molecule has 1 N–H and O–H groups in total.